The highest BCUT2D eigenvalue weighted by molar-refractivity contribution is 7.89. The molecule has 2 saturated heterocycles. The Morgan fingerprint density at radius 3 is 2.47 bits per heavy atom. The summed E-state index contributed by atoms with van der Waals surface area (Å²) in [6.45, 7) is 7.64. The molecule has 0 aliphatic carbocycles. The van der Waals surface area contributed by atoms with Crippen LogP contribution in [0, 0.1) is 5.92 Å². The van der Waals surface area contributed by atoms with Crippen molar-refractivity contribution < 1.29 is 27.4 Å². The third-order valence-electron chi connectivity index (χ3n) is 6.42. The minimum absolute atomic E-state index is 0.0118. The zero-order valence-corrected chi connectivity index (χ0v) is 19.4. The van der Waals surface area contributed by atoms with E-state index in [-0.39, 0.29) is 22.8 Å². The molecule has 178 valence electrons. The van der Waals surface area contributed by atoms with Crippen LogP contribution < -0.4 is 14.8 Å². The van der Waals surface area contributed by atoms with Crippen LogP contribution in [0.15, 0.2) is 23.1 Å². The van der Waals surface area contributed by atoms with Gasteiger partial charge < -0.3 is 19.5 Å². The summed E-state index contributed by atoms with van der Waals surface area (Å²) in [4.78, 5) is 15.2. The molecule has 3 aliphatic heterocycles. The first-order valence-corrected chi connectivity index (χ1v) is 12.9. The lowest BCUT2D eigenvalue weighted by atomic mass is 9.97. The lowest BCUT2D eigenvalue weighted by molar-refractivity contribution is -0.126. The summed E-state index contributed by atoms with van der Waals surface area (Å²) in [7, 11) is -3.65. The lowest BCUT2D eigenvalue weighted by Crippen LogP contribution is -2.49. The van der Waals surface area contributed by atoms with Crippen molar-refractivity contribution in [2.45, 2.75) is 37.1 Å². The molecule has 4 rings (SSSR count). The molecule has 9 nitrogen and oxygen atoms in total. The molecular formula is C22H33N3O6S. The Labute approximate surface area is 190 Å². The van der Waals surface area contributed by atoms with Crippen LogP contribution in [0.1, 0.15) is 26.2 Å². The summed E-state index contributed by atoms with van der Waals surface area (Å²) in [5.41, 5.74) is 0. The molecule has 10 heteroatoms. The number of rotatable bonds is 6. The fourth-order valence-electron chi connectivity index (χ4n) is 4.35. The van der Waals surface area contributed by atoms with Crippen LogP contribution in [0.4, 0.5) is 0 Å². The molecular weight excluding hydrogens is 434 g/mol. The van der Waals surface area contributed by atoms with Crippen LogP contribution >= 0.6 is 0 Å². The number of hydrogen-bond donors (Lipinski definition) is 1. The molecule has 1 unspecified atom stereocenters. The second-order valence-electron chi connectivity index (χ2n) is 8.58. The molecule has 1 aromatic rings. The molecule has 1 N–H and O–H groups in total. The molecule has 0 spiro atoms. The van der Waals surface area contributed by atoms with E-state index in [1.165, 1.54) is 4.31 Å². The molecule has 0 aromatic heterocycles. The van der Waals surface area contributed by atoms with E-state index in [1.54, 1.807) is 18.2 Å². The van der Waals surface area contributed by atoms with Crippen LogP contribution in [0.25, 0.3) is 0 Å². The minimum Gasteiger partial charge on any atom is -0.490 e. The number of benzene rings is 1. The van der Waals surface area contributed by atoms with Gasteiger partial charge in [-0.3, -0.25) is 9.69 Å². The number of carbonyl (C=O) groups is 1. The number of morpholine rings is 1. The highest BCUT2D eigenvalue weighted by Crippen LogP contribution is 2.33. The highest BCUT2D eigenvalue weighted by Gasteiger charge is 2.33. The fraction of sp³-hybridized carbons (Fsp3) is 0.682. The lowest BCUT2D eigenvalue weighted by Gasteiger charge is -2.33. The minimum atomic E-state index is -3.65. The first-order chi connectivity index (χ1) is 15.4. The van der Waals surface area contributed by atoms with Crippen LogP contribution in [0.2, 0.25) is 0 Å². The van der Waals surface area contributed by atoms with Gasteiger partial charge in [0, 0.05) is 57.2 Å². The number of carbonyl (C=O) groups excluding carboxylic acids is 1. The third-order valence-corrected chi connectivity index (χ3v) is 8.32. The van der Waals surface area contributed by atoms with Crippen LogP contribution in [0.5, 0.6) is 11.5 Å². The Hall–Kier alpha value is -1.88. The van der Waals surface area contributed by atoms with Crippen molar-refractivity contribution in [1.82, 2.24) is 14.5 Å². The number of piperidine rings is 1. The van der Waals surface area contributed by atoms with E-state index in [1.807, 2.05) is 0 Å². The van der Waals surface area contributed by atoms with Gasteiger partial charge in [0.05, 0.1) is 31.3 Å². The van der Waals surface area contributed by atoms with Crippen molar-refractivity contribution in [3.8, 4) is 11.5 Å². The van der Waals surface area contributed by atoms with Gasteiger partial charge in [0.1, 0.15) is 0 Å². The number of fused-ring (bicyclic) bond motifs is 1. The second kappa shape index (κ2) is 10.4. The van der Waals surface area contributed by atoms with Gasteiger partial charge in [-0.05, 0) is 31.9 Å². The van der Waals surface area contributed by atoms with Crippen molar-refractivity contribution in [3.05, 3.63) is 18.2 Å². The van der Waals surface area contributed by atoms with Crippen molar-refractivity contribution >= 4 is 15.9 Å². The molecule has 3 aliphatic rings. The number of sulfonamides is 1. The summed E-state index contributed by atoms with van der Waals surface area (Å²) in [5, 5.41) is 3.05. The largest absolute Gasteiger partial charge is 0.490 e. The van der Waals surface area contributed by atoms with Crippen molar-refractivity contribution in [1.29, 1.82) is 0 Å². The first kappa shape index (κ1) is 23.3. The third kappa shape index (κ3) is 5.36. The van der Waals surface area contributed by atoms with E-state index in [0.717, 1.165) is 32.7 Å². The predicted octanol–water partition coefficient (Wildman–Crippen LogP) is 1.09. The summed E-state index contributed by atoms with van der Waals surface area (Å²) < 4.78 is 44.4. The quantitative estimate of drug-likeness (QED) is 0.669. The van der Waals surface area contributed by atoms with E-state index >= 15 is 0 Å². The Balaban J connectivity index is 1.30. The number of nitrogens with one attached hydrogen (secondary N) is 1. The summed E-state index contributed by atoms with van der Waals surface area (Å²) in [5.74, 6) is 0.884. The standard InChI is InChI=1S/C22H33N3O6S/c1-17(24-9-13-29-14-10-24)16-23-22(26)18-5-7-25(8-6-18)32(27,28)19-3-4-20-21(15-19)31-12-2-11-30-20/h3-4,15,17-18H,2,5-14,16H2,1H3,(H,23,26). The molecule has 1 amide bonds. The number of amides is 1. The van der Waals surface area contributed by atoms with Gasteiger partial charge in [-0.15, -0.1) is 0 Å². The zero-order chi connectivity index (χ0) is 22.6. The van der Waals surface area contributed by atoms with Gasteiger partial charge in [0.15, 0.2) is 11.5 Å². The summed E-state index contributed by atoms with van der Waals surface area (Å²) in [6, 6.07) is 5.02. The average Bonchev–Trinajstić information content (AvgIpc) is 3.08. The smallest absolute Gasteiger partial charge is 0.243 e. The van der Waals surface area contributed by atoms with Crippen molar-refractivity contribution in [3.63, 3.8) is 0 Å². The molecule has 32 heavy (non-hydrogen) atoms. The fourth-order valence-corrected chi connectivity index (χ4v) is 5.84. The van der Waals surface area contributed by atoms with Crippen LogP contribution in [0.3, 0.4) is 0 Å². The first-order valence-electron chi connectivity index (χ1n) is 11.4. The van der Waals surface area contributed by atoms with E-state index in [9.17, 15) is 13.2 Å². The van der Waals surface area contributed by atoms with E-state index in [0.29, 0.717) is 57.2 Å². The Morgan fingerprint density at radius 1 is 1.06 bits per heavy atom. The van der Waals surface area contributed by atoms with Gasteiger partial charge >= 0.3 is 0 Å². The molecule has 2 fully saturated rings. The van der Waals surface area contributed by atoms with Gasteiger partial charge in [-0.2, -0.15) is 4.31 Å². The molecule has 1 atom stereocenters. The van der Waals surface area contributed by atoms with E-state index < -0.39 is 10.0 Å². The number of ether oxygens (including phenoxy) is 3. The van der Waals surface area contributed by atoms with Gasteiger partial charge in [0.25, 0.3) is 0 Å². The Kier molecular flexibility index (Phi) is 7.55. The molecule has 0 saturated carbocycles. The normalized spacial score (nSPS) is 22.2. The second-order valence-corrected chi connectivity index (χ2v) is 10.5. The Bertz CT molecular complexity index is 895. The maximum absolute atomic E-state index is 13.1. The monoisotopic (exact) mass is 467 g/mol. The molecule has 0 radical (unpaired) electrons. The maximum atomic E-state index is 13.1. The number of nitrogens with zero attached hydrogens (tertiary/aromatic N) is 2. The zero-order valence-electron chi connectivity index (χ0n) is 18.6. The predicted molar refractivity (Wildman–Crippen MR) is 118 cm³/mol. The highest BCUT2D eigenvalue weighted by atomic mass is 32.2. The Morgan fingerprint density at radius 2 is 1.75 bits per heavy atom. The van der Waals surface area contributed by atoms with Crippen LogP contribution in [-0.4, -0.2) is 88.7 Å². The molecule has 0 bridgehead atoms. The van der Waals surface area contributed by atoms with Crippen molar-refractivity contribution in [2.24, 2.45) is 5.92 Å². The van der Waals surface area contributed by atoms with Gasteiger partial charge in [0.2, 0.25) is 15.9 Å². The van der Waals surface area contributed by atoms with Crippen molar-refractivity contribution in [2.75, 3.05) is 59.2 Å². The summed E-state index contributed by atoms with van der Waals surface area (Å²) in [6.07, 6.45) is 1.79. The number of hydrogen-bond acceptors (Lipinski definition) is 7. The van der Waals surface area contributed by atoms with Crippen LogP contribution in [-0.2, 0) is 19.6 Å². The molecule has 1 aromatic carbocycles. The maximum Gasteiger partial charge on any atom is 0.243 e. The molecule has 3 heterocycles. The topological polar surface area (TPSA) is 97.4 Å². The summed E-state index contributed by atoms with van der Waals surface area (Å²) >= 11 is 0. The van der Waals surface area contributed by atoms with E-state index in [2.05, 4.69) is 17.1 Å². The van der Waals surface area contributed by atoms with Gasteiger partial charge in [-0.1, -0.05) is 0 Å². The SMILES string of the molecule is CC(CNC(=O)C1CCN(S(=O)(=O)c2ccc3c(c2)OCCCO3)CC1)N1CCOCC1. The average molecular weight is 468 g/mol. The van der Waals surface area contributed by atoms with E-state index in [4.69, 9.17) is 14.2 Å². The van der Waals surface area contributed by atoms with Gasteiger partial charge in [-0.25, -0.2) is 8.42 Å².